The van der Waals surface area contributed by atoms with Gasteiger partial charge in [-0.05, 0) is 37.7 Å². The number of carbonyl (C=O) groups excluding carboxylic acids is 1. The van der Waals surface area contributed by atoms with Gasteiger partial charge in [0.25, 0.3) is 0 Å². The summed E-state index contributed by atoms with van der Waals surface area (Å²) in [5.41, 5.74) is 3.12. The quantitative estimate of drug-likeness (QED) is 0.921. The molecule has 1 aliphatic carbocycles. The Morgan fingerprint density at radius 3 is 3.19 bits per heavy atom. The van der Waals surface area contributed by atoms with Gasteiger partial charge >= 0.3 is 0 Å². The summed E-state index contributed by atoms with van der Waals surface area (Å²) in [5.74, 6) is -0.277. The summed E-state index contributed by atoms with van der Waals surface area (Å²) in [6.07, 6.45) is 4.60. The first-order chi connectivity index (χ1) is 10.1. The molecule has 0 radical (unpaired) electrons. The predicted octanol–water partition coefficient (Wildman–Crippen LogP) is 2.12. The van der Waals surface area contributed by atoms with Gasteiger partial charge in [-0.15, -0.1) is 0 Å². The van der Waals surface area contributed by atoms with Gasteiger partial charge in [-0.3, -0.25) is 9.48 Å². The van der Waals surface area contributed by atoms with E-state index in [-0.39, 0.29) is 11.8 Å². The number of carbonyl (C=O) groups is 1. The van der Waals surface area contributed by atoms with E-state index in [0.717, 1.165) is 42.1 Å². The van der Waals surface area contributed by atoms with Crippen LogP contribution in [0.5, 0.6) is 0 Å². The smallest absolute Gasteiger partial charge is 0.232 e. The molecule has 0 fully saturated rings. The van der Waals surface area contributed by atoms with Crippen molar-refractivity contribution in [2.45, 2.75) is 32.1 Å². The van der Waals surface area contributed by atoms with Crippen LogP contribution in [0, 0.1) is 18.3 Å². The Bertz CT molecular complexity index is 739. The first-order valence-electron chi connectivity index (χ1n) is 6.79. The number of rotatable bonds is 2. The molecule has 0 bridgehead atoms. The van der Waals surface area contributed by atoms with Crippen molar-refractivity contribution in [3.8, 4) is 6.07 Å². The van der Waals surface area contributed by atoms with Crippen molar-refractivity contribution in [2.24, 2.45) is 7.05 Å². The maximum absolute atomic E-state index is 12.5. The molecule has 7 heteroatoms. The van der Waals surface area contributed by atoms with Gasteiger partial charge in [0.05, 0.1) is 17.3 Å². The lowest BCUT2D eigenvalue weighted by Crippen LogP contribution is -2.24. The lowest BCUT2D eigenvalue weighted by molar-refractivity contribution is -0.117. The Morgan fingerprint density at radius 2 is 2.43 bits per heavy atom. The third-order valence-corrected chi connectivity index (χ3v) is 4.60. The zero-order valence-electron chi connectivity index (χ0n) is 11.9. The molecule has 1 unspecified atom stereocenters. The van der Waals surface area contributed by atoms with E-state index in [0.29, 0.717) is 16.3 Å². The molecule has 1 atom stereocenters. The minimum atomic E-state index is -0.198. The number of nitrogens with one attached hydrogen (secondary N) is 1. The number of aryl methyl sites for hydroxylation is 3. The van der Waals surface area contributed by atoms with E-state index in [2.05, 4.69) is 20.9 Å². The summed E-state index contributed by atoms with van der Waals surface area (Å²) in [4.78, 5) is 12.5. The van der Waals surface area contributed by atoms with Gasteiger partial charge in [0, 0.05) is 18.8 Å². The summed E-state index contributed by atoms with van der Waals surface area (Å²) in [7, 11) is 1.87. The molecule has 108 valence electrons. The number of amides is 1. The number of hydrogen-bond acceptors (Lipinski definition) is 5. The summed E-state index contributed by atoms with van der Waals surface area (Å²) < 4.78 is 5.88. The third-order valence-electron chi connectivity index (χ3n) is 3.75. The summed E-state index contributed by atoms with van der Waals surface area (Å²) in [5, 5.41) is 16.9. The highest BCUT2D eigenvalue weighted by Crippen LogP contribution is 2.33. The van der Waals surface area contributed by atoms with Crippen LogP contribution in [-0.4, -0.2) is 20.1 Å². The fourth-order valence-electron chi connectivity index (χ4n) is 2.73. The minimum absolute atomic E-state index is 0.0795. The highest BCUT2D eigenvalue weighted by atomic mass is 32.1. The van der Waals surface area contributed by atoms with Gasteiger partial charge in [0.15, 0.2) is 0 Å². The third kappa shape index (κ3) is 2.43. The molecule has 1 aliphatic rings. The van der Waals surface area contributed by atoms with Crippen molar-refractivity contribution >= 4 is 22.4 Å². The van der Waals surface area contributed by atoms with Gasteiger partial charge < -0.3 is 5.32 Å². The van der Waals surface area contributed by atoms with Crippen molar-refractivity contribution in [2.75, 3.05) is 5.32 Å². The highest BCUT2D eigenvalue weighted by Gasteiger charge is 2.29. The van der Waals surface area contributed by atoms with E-state index in [9.17, 15) is 4.79 Å². The topological polar surface area (TPSA) is 83.6 Å². The average molecular weight is 301 g/mol. The Balaban J connectivity index is 1.85. The zero-order valence-corrected chi connectivity index (χ0v) is 12.7. The molecular formula is C14H15N5OS. The normalized spacial score (nSPS) is 17.1. The van der Waals surface area contributed by atoms with E-state index >= 15 is 0 Å². The second-order valence-corrected chi connectivity index (χ2v) is 6.00. The molecule has 0 saturated heterocycles. The number of nitrogens with zero attached hydrogens (tertiary/aromatic N) is 4. The average Bonchev–Trinajstić information content (AvgIpc) is 3.00. The van der Waals surface area contributed by atoms with Gasteiger partial charge in [-0.25, -0.2) is 0 Å². The Kier molecular flexibility index (Phi) is 3.47. The lowest BCUT2D eigenvalue weighted by Gasteiger charge is -2.20. The Hall–Kier alpha value is -2.20. The Morgan fingerprint density at radius 1 is 1.62 bits per heavy atom. The molecule has 0 aromatic carbocycles. The molecule has 3 rings (SSSR count). The maximum Gasteiger partial charge on any atom is 0.232 e. The van der Waals surface area contributed by atoms with Gasteiger partial charge in [-0.2, -0.15) is 14.7 Å². The van der Waals surface area contributed by atoms with Crippen LogP contribution < -0.4 is 5.32 Å². The van der Waals surface area contributed by atoms with Gasteiger partial charge in [-0.1, -0.05) is 0 Å². The zero-order chi connectivity index (χ0) is 15.0. The van der Waals surface area contributed by atoms with Gasteiger partial charge in [0.1, 0.15) is 16.6 Å². The molecule has 0 aliphatic heterocycles. The van der Waals surface area contributed by atoms with Crippen LogP contribution in [-0.2, 0) is 18.3 Å². The van der Waals surface area contributed by atoms with Crippen LogP contribution in [0.15, 0.2) is 6.20 Å². The molecular weight excluding hydrogens is 286 g/mol. The predicted molar refractivity (Wildman–Crippen MR) is 79.1 cm³/mol. The molecule has 2 aromatic rings. The summed E-state index contributed by atoms with van der Waals surface area (Å²) in [6.45, 7) is 1.77. The standard InChI is InChI=1S/C14H15N5OS/c1-8-10(6-15)14(21-18-8)16-13(20)9-4-3-5-12-11(9)7-19(2)17-12/h7,9H,3-5H2,1-2H3,(H,16,20). The number of fused-ring (bicyclic) bond motifs is 1. The van der Waals surface area contributed by atoms with E-state index in [1.165, 1.54) is 0 Å². The number of hydrogen-bond donors (Lipinski definition) is 1. The van der Waals surface area contributed by atoms with E-state index in [1.807, 2.05) is 13.2 Å². The first kappa shape index (κ1) is 13.8. The molecule has 2 heterocycles. The van der Waals surface area contributed by atoms with Crippen LogP contribution in [0.1, 0.15) is 41.3 Å². The van der Waals surface area contributed by atoms with Crippen LogP contribution in [0.3, 0.4) is 0 Å². The Labute approximate surface area is 126 Å². The van der Waals surface area contributed by atoms with E-state index in [4.69, 9.17) is 5.26 Å². The largest absolute Gasteiger partial charge is 0.315 e. The van der Waals surface area contributed by atoms with E-state index in [1.54, 1.807) is 11.6 Å². The van der Waals surface area contributed by atoms with Crippen molar-refractivity contribution < 1.29 is 4.79 Å². The molecule has 1 N–H and O–H groups in total. The fourth-order valence-corrected chi connectivity index (χ4v) is 3.48. The molecule has 0 saturated carbocycles. The van der Waals surface area contributed by atoms with Gasteiger partial charge in [0.2, 0.25) is 5.91 Å². The van der Waals surface area contributed by atoms with Crippen molar-refractivity contribution in [3.63, 3.8) is 0 Å². The van der Waals surface area contributed by atoms with Crippen LogP contribution in [0.25, 0.3) is 0 Å². The monoisotopic (exact) mass is 301 g/mol. The van der Waals surface area contributed by atoms with Crippen molar-refractivity contribution in [1.29, 1.82) is 5.26 Å². The molecule has 21 heavy (non-hydrogen) atoms. The minimum Gasteiger partial charge on any atom is -0.315 e. The van der Waals surface area contributed by atoms with E-state index < -0.39 is 0 Å². The SMILES string of the molecule is Cc1nsc(NC(=O)C2CCCc3nn(C)cc32)c1C#N. The number of nitriles is 1. The van der Waals surface area contributed by atoms with Crippen molar-refractivity contribution in [1.82, 2.24) is 14.2 Å². The number of anilines is 1. The summed E-state index contributed by atoms with van der Waals surface area (Å²) in [6, 6.07) is 2.09. The second kappa shape index (κ2) is 5.30. The van der Waals surface area contributed by atoms with Crippen molar-refractivity contribution in [3.05, 3.63) is 28.7 Å². The van der Waals surface area contributed by atoms with Crippen LogP contribution in [0.2, 0.25) is 0 Å². The lowest BCUT2D eigenvalue weighted by atomic mass is 9.86. The van der Waals surface area contributed by atoms with Crippen LogP contribution in [0.4, 0.5) is 5.00 Å². The summed E-state index contributed by atoms with van der Waals surface area (Å²) >= 11 is 1.15. The highest BCUT2D eigenvalue weighted by molar-refractivity contribution is 7.10. The second-order valence-electron chi connectivity index (χ2n) is 5.22. The first-order valence-corrected chi connectivity index (χ1v) is 7.57. The molecule has 2 aromatic heterocycles. The molecule has 6 nitrogen and oxygen atoms in total. The maximum atomic E-state index is 12.5. The van der Waals surface area contributed by atoms with Crippen LogP contribution >= 0.6 is 11.5 Å². The molecule has 0 spiro atoms. The number of aromatic nitrogens is 3. The molecule has 1 amide bonds. The fraction of sp³-hybridized carbons (Fsp3) is 0.429.